The number of esters is 2. The van der Waals surface area contributed by atoms with Gasteiger partial charge in [0.1, 0.15) is 0 Å². The average Bonchev–Trinajstić information content (AvgIpc) is 3.06. The molecule has 2 fully saturated rings. The monoisotopic (exact) mass is 699 g/mol. The molecule has 0 atom stereocenters. The lowest BCUT2D eigenvalue weighted by atomic mass is 9.82. The number of nitrogens with one attached hydrogen (secondary N) is 2. The van der Waals surface area contributed by atoms with Crippen LogP contribution in [0.25, 0.3) is 0 Å². The van der Waals surface area contributed by atoms with Gasteiger partial charge in [-0.1, -0.05) is 0 Å². The minimum atomic E-state index is -1.16. The van der Waals surface area contributed by atoms with Gasteiger partial charge >= 0.3 is 29.8 Å². The van der Waals surface area contributed by atoms with Crippen LogP contribution < -0.4 is 10.6 Å². The fourth-order valence-electron chi connectivity index (χ4n) is 6.41. The normalized spacial score (nSPS) is 20.8. The Hall–Kier alpha value is -3.83. The highest BCUT2D eigenvalue weighted by molar-refractivity contribution is 5.79. The number of aliphatic carboxylic acids is 3. The maximum absolute atomic E-state index is 12.7. The number of carbonyl (C=O) groups excluding carboxylic acids is 4. The number of nitrogens with zero attached hydrogens (tertiary/aromatic N) is 3. The minimum Gasteiger partial charge on any atom is -0.480 e. The van der Waals surface area contributed by atoms with Gasteiger partial charge in [-0.15, -0.1) is 0 Å². The van der Waals surface area contributed by atoms with Crippen molar-refractivity contribution in [2.45, 2.75) is 51.4 Å². The lowest BCUT2D eigenvalue weighted by molar-refractivity contribution is -0.147. The van der Waals surface area contributed by atoms with Crippen molar-refractivity contribution in [3.05, 3.63) is 0 Å². The second kappa shape index (κ2) is 22.0. The van der Waals surface area contributed by atoms with Crippen molar-refractivity contribution in [2.75, 3.05) is 86.2 Å². The summed E-state index contributed by atoms with van der Waals surface area (Å²) in [5, 5.41) is 34.0. The van der Waals surface area contributed by atoms with Gasteiger partial charge in [0.2, 0.25) is 11.8 Å². The van der Waals surface area contributed by atoms with Crippen molar-refractivity contribution in [2.24, 2.45) is 23.7 Å². The van der Waals surface area contributed by atoms with Crippen molar-refractivity contribution in [1.82, 2.24) is 25.3 Å². The molecule has 49 heavy (non-hydrogen) atoms. The first kappa shape index (κ1) is 41.3. The summed E-state index contributed by atoms with van der Waals surface area (Å²) in [4.78, 5) is 87.8. The van der Waals surface area contributed by atoms with E-state index in [-0.39, 0.29) is 86.7 Å². The predicted octanol–water partition coefficient (Wildman–Crippen LogP) is -0.663. The molecule has 2 aliphatic rings. The molecule has 0 bridgehead atoms. The molecule has 0 aliphatic heterocycles. The van der Waals surface area contributed by atoms with Crippen LogP contribution in [0.1, 0.15) is 51.4 Å². The molecule has 2 rings (SSSR count). The maximum atomic E-state index is 12.7. The summed E-state index contributed by atoms with van der Waals surface area (Å²) in [6.45, 7) is -0.724. The second-order valence-corrected chi connectivity index (χ2v) is 13.0. The van der Waals surface area contributed by atoms with Crippen LogP contribution in [0.4, 0.5) is 0 Å². The molecule has 17 nitrogen and oxygen atoms in total. The van der Waals surface area contributed by atoms with Crippen LogP contribution in [-0.4, -0.2) is 158 Å². The van der Waals surface area contributed by atoms with Gasteiger partial charge < -0.3 is 35.4 Å². The molecule has 0 aromatic carbocycles. The Morgan fingerprint density at radius 3 is 1.12 bits per heavy atom. The number of carbonyl (C=O) groups is 7. The van der Waals surface area contributed by atoms with E-state index >= 15 is 0 Å². The van der Waals surface area contributed by atoms with Gasteiger partial charge in [-0.3, -0.25) is 48.3 Å². The van der Waals surface area contributed by atoms with Crippen LogP contribution in [0.15, 0.2) is 0 Å². The van der Waals surface area contributed by atoms with E-state index in [0.29, 0.717) is 38.8 Å². The molecule has 0 radical (unpaired) electrons. The maximum Gasteiger partial charge on any atom is 0.317 e. The second-order valence-electron chi connectivity index (χ2n) is 13.0. The molecule has 0 unspecified atom stereocenters. The van der Waals surface area contributed by atoms with Crippen molar-refractivity contribution in [1.29, 1.82) is 0 Å². The Morgan fingerprint density at radius 1 is 0.510 bits per heavy atom. The van der Waals surface area contributed by atoms with Crippen molar-refractivity contribution < 1.29 is 58.4 Å². The molecule has 0 spiro atoms. The number of carboxylic acids is 3. The largest absolute Gasteiger partial charge is 0.480 e. The predicted molar refractivity (Wildman–Crippen MR) is 173 cm³/mol. The summed E-state index contributed by atoms with van der Waals surface area (Å²) < 4.78 is 9.61. The van der Waals surface area contributed by atoms with Crippen LogP contribution in [0.5, 0.6) is 0 Å². The van der Waals surface area contributed by atoms with Gasteiger partial charge in [0.25, 0.3) is 0 Å². The number of rotatable bonds is 22. The smallest absolute Gasteiger partial charge is 0.317 e. The highest BCUT2D eigenvalue weighted by Crippen LogP contribution is 2.30. The van der Waals surface area contributed by atoms with E-state index in [1.807, 2.05) is 0 Å². The third-order valence-electron chi connectivity index (χ3n) is 9.21. The minimum absolute atomic E-state index is 0.0505. The molecule has 2 amide bonds. The first-order valence-electron chi connectivity index (χ1n) is 16.8. The topological polar surface area (TPSA) is 232 Å². The number of carboxylic acid groups (broad SMARTS) is 3. The summed E-state index contributed by atoms with van der Waals surface area (Å²) in [5.41, 5.74) is 0. The Balaban J connectivity index is 1.85. The van der Waals surface area contributed by atoms with Crippen LogP contribution in [0.3, 0.4) is 0 Å². The average molecular weight is 700 g/mol. The lowest BCUT2D eigenvalue weighted by Crippen LogP contribution is -2.47. The Labute approximate surface area is 286 Å². The van der Waals surface area contributed by atoms with E-state index < -0.39 is 37.5 Å². The summed E-state index contributed by atoms with van der Waals surface area (Å²) in [7, 11) is 2.72. The third-order valence-corrected chi connectivity index (χ3v) is 9.21. The number of hydrogen-bond donors (Lipinski definition) is 5. The molecule has 5 N–H and O–H groups in total. The molecule has 0 aromatic rings. The number of hydrogen-bond acceptors (Lipinski definition) is 12. The zero-order chi connectivity index (χ0) is 36.3. The molecule has 2 aliphatic carbocycles. The summed E-state index contributed by atoms with van der Waals surface area (Å²) in [6, 6.07) is 0. The van der Waals surface area contributed by atoms with Gasteiger partial charge in [-0.25, -0.2) is 0 Å². The fourth-order valence-corrected chi connectivity index (χ4v) is 6.41. The van der Waals surface area contributed by atoms with Crippen molar-refractivity contribution in [3.8, 4) is 0 Å². The standard InChI is InChI=1S/C32H53N5O12/c1-48-31(46)24-7-3-22(4-8-24)15-33-26(38)17-36(20-29(42)43)13-11-35(19-28(40)41)12-14-37(21-30(44)45)18-27(39)34-16-23-5-9-25(10-6-23)32(47)49-2/h22-25H,3-21H2,1-2H3,(H,33,38)(H,34,39)(H,40,41)(H,42,43)(H,44,45). The van der Waals surface area contributed by atoms with E-state index in [2.05, 4.69) is 10.6 Å². The molecular weight excluding hydrogens is 646 g/mol. The summed E-state index contributed by atoms with van der Waals surface area (Å²) in [5.74, 6) is -4.58. The highest BCUT2D eigenvalue weighted by atomic mass is 16.5. The summed E-state index contributed by atoms with van der Waals surface area (Å²) >= 11 is 0. The van der Waals surface area contributed by atoms with Gasteiger partial charge in [0, 0.05) is 39.3 Å². The molecule has 278 valence electrons. The number of amides is 2. The molecule has 0 saturated heterocycles. The van der Waals surface area contributed by atoms with Gasteiger partial charge in [0.15, 0.2) is 0 Å². The van der Waals surface area contributed by atoms with E-state index in [0.717, 1.165) is 25.7 Å². The lowest BCUT2D eigenvalue weighted by Gasteiger charge is -2.29. The quantitative estimate of drug-likeness (QED) is 0.0883. The molecule has 17 heteroatoms. The van der Waals surface area contributed by atoms with Gasteiger partial charge in [-0.05, 0) is 63.2 Å². The van der Waals surface area contributed by atoms with Crippen LogP contribution in [0, 0.1) is 23.7 Å². The third kappa shape index (κ3) is 16.9. The molecule has 0 aromatic heterocycles. The van der Waals surface area contributed by atoms with Crippen molar-refractivity contribution in [3.63, 3.8) is 0 Å². The zero-order valence-corrected chi connectivity index (χ0v) is 28.6. The molecule has 0 heterocycles. The van der Waals surface area contributed by atoms with E-state index in [4.69, 9.17) is 9.47 Å². The first-order valence-corrected chi connectivity index (χ1v) is 16.8. The van der Waals surface area contributed by atoms with E-state index in [9.17, 15) is 48.9 Å². The van der Waals surface area contributed by atoms with Crippen LogP contribution in [0.2, 0.25) is 0 Å². The van der Waals surface area contributed by atoms with E-state index in [1.165, 1.54) is 28.9 Å². The molecular formula is C32H53N5O12. The number of methoxy groups -OCH3 is 2. The summed E-state index contributed by atoms with van der Waals surface area (Å²) in [6.07, 6.45) is 5.71. The number of ether oxygens (including phenoxy) is 2. The van der Waals surface area contributed by atoms with Crippen LogP contribution >= 0.6 is 0 Å². The van der Waals surface area contributed by atoms with E-state index in [1.54, 1.807) is 0 Å². The Bertz CT molecular complexity index is 1040. The van der Waals surface area contributed by atoms with Gasteiger partial charge in [-0.2, -0.15) is 0 Å². The molecule has 2 saturated carbocycles. The Morgan fingerprint density at radius 2 is 0.816 bits per heavy atom. The SMILES string of the molecule is COC(=O)C1CCC(CNC(=O)CN(CCN(CCN(CC(=O)O)CC(=O)NCC2CCC(C(=O)OC)CC2)CC(=O)O)CC(=O)O)CC1. The highest BCUT2D eigenvalue weighted by Gasteiger charge is 2.29. The fraction of sp³-hybridized carbons (Fsp3) is 0.781. The van der Waals surface area contributed by atoms with Crippen molar-refractivity contribution >= 4 is 41.7 Å². The van der Waals surface area contributed by atoms with Gasteiger partial charge in [0.05, 0.1) is 58.8 Å². The first-order chi connectivity index (χ1) is 23.3. The van der Waals surface area contributed by atoms with Crippen LogP contribution in [-0.2, 0) is 43.0 Å². The zero-order valence-electron chi connectivity index (χ0n) is 28.6. The Kier molecular flexibility index (Phi) is 18.6.